The van der Waals surface area contributed by atoms with Crippen LogP contribution in [0.25, 0.3) is 0 Å². The molecule has 1 aliphatic heterocycles. The molecule has 2 N–H and O–H groups in total. The van der Waals surface area contributed by atoms with Gasteiger partial charge in [-0.15, -0.1) is 0 Å². The van der Waals surface area contributed by atoms with Gasteiger partial charge in [-0.25, -0.2) is 4.98 Å². The normalized spacial score (nSPS) is 17.1. The van der Waals surface area contributed by atoms with E-state index in [1.807, 2.05) is 18.2 Å². The molecule has 1 aromatic heterocycles. The molecule has 154 valence electrons. The molecule has 4 rings (SSSR count). The van der Waals surface area contributed by atoms with Crippen LogP contribution in [0, 0.1) is 0 Å². The van der Waals surface area contributed by atoms with Crippen molar-refractivity contribution in [3.8, 4) is 11.6 Å². The number of nitrogens with one attached hydrogen (secondary N) is 1. The van der Waals surface area contributed by atoms with E-state index in [-0.39, 0.29) is 6.04 Å². The van der Waals surface area contributed by atoms with Crippen LogP contribution in [0.2, 0.25) is 5.02 Å². The first-order valence-corrected chi connectivity index (χ1v) is 10.2. The van der Waals surface area contributed by atoms with E-state index < -0.39 is 0 Å². The Bertz CT molecular complexity index is 1010. The average molecular weight is 423 g/mol. The molecule has 1 atom stereocenters. The summed E-state index contributed by atoms with van der Waals surface area (Å²) in [7, 11) is 0. The molecule has 2 heterocycles. The van der Waals surface area contributed by atoms with Crippen LogP contribution >= 0.6 is 11.6 Å². The Morgan fingerprint density at radius 1 is 1.13 bits per heavy atom. The zero-order valence-electron chi connectivity index (χ0n) is 16.4. The molecule has 7 heteroatoms. The van der Waals surface area contributed by atoms with Gasteiger partial charge in [-0.3, -0.25) is 20.6 Å². The van der Waals surface area contributed by atoms with E-state index >= 15 is 0 Å². The van der Waals surface area contributed by atoms with Gasteiger partial charge < -0.3 is 4.74 Å². The Kier molecular flexibility index (Phi) is 6.59. The van der Waals surface area contributed by atoms with Gasteiger partial charge in [-0.05, 0) is 36.2 Å². The summed E-state index contributed by atoms with van der Waals surface area (Å²) in [6.45, 7) is 2.67. The molecule has 0 saturated carbocycles. The number of ether oxygens (including phenoxy) is 1. The number of halogens is 1. The van der Waals surface area contributed by atoms with E-state index in [1.165, 1.54) is 5.56 Å². The fraction of sp³-hybridized carbons (Fsp3) is 0.217. The molecule has 3 aromatic rings. The number of likely N-dealkylation sites (tertiary alicyclic amines) is 1. The van der Waals surface area contributed by atoms with E-state index in [9.17, 15) is 5.21 Å². The minimum Gasteiger partial charge on any atom is -0.437 e. The van der Waals surface area contributed by atoms with Crippen molar-refractivity contribution in [2.75, 3.05) is 13.1 Å². The van der Waals surface area contributed by atoms with Gasteiger partial charge in [0.2, 0.25) is 5.88 Å². The van der Waals surface area contributed by atoms with Gasteiger partial charge in [-0.1, -0.05) is 54.1 Å². The summed E-state index contributed by atoms with van der Waals surface area (Å²) in [5.74, 6) is 1.15. The number of aliphatic imine (C=N–C) groups is 1. The van der Waals surface area contributed by atoms with E-state index in [1.54, 1.807) is 30.5 Å². The molecule has 0 aliphatic carbocycles. The Morgan fingerprint density at radius 3 is 2.73 bits per heavy atom. The van der Waals surface area contributed by atoms with Gasteiger partial charge in [0.05, 0.1) is 16.6 Å². The lowest BCUT2D eigenvalue weighted by atomic mass is 10.2. The second-order valence-corrected chi connectivity index (χ2v) is 7.55. The highest BCUT2D eigenvalue weighted by atomic mass is 35.5. The number of hydroxylamine groups is 1. The Balaban J connectivity index is 1.50. The fourth-order valence-electron chi connectivity index (χ4n) is 3.53. The van der Waals surface area contributed by atoms with Gasteiger partial charge in [0.1, 0.15) is 5.75 Å². The molecule has 30 heavy (non-hydrogen) atoms. The number of amidine groups is 1. The number of para-hydroxylation sites is 1. The van der Waals surface area contributed by atoms with Crippen molar-refractivity contribution in [3.05, 3.63) is 89.1 Å². The van der Waals surface area contributed by atoms with Gasteiger partial charge in [0.15, 0.2) is 5.84 Å². The lowest BCUT2D eigenvalue weighted by molar-refractivity contribution is 0.233. The summed E-state index contributed by atoms with van der Waals surface area (Å²) in [4.78, 5) is 11.4. The third kappa shape index (κ3) is 4.97. The van der Waals surface area contributed by atoms with Crippen LogP contribution in [0.1, 0.15) is 17.5 Å². The third-order valence-electron chi connectivity index (χ3n) is 4.98. The molecule has 0 spiro atoms. The summed E-state index contributed by atoms with van der Waals surface area (Å²) in [5.41, 5.74) is 4.08. The van der Waals surface area contributed by atoms with E-state index in [0.717, 1.165) is 26.1 Å². The number of benzene rings is 2. The first-order valence-electron chi connectivity index (χ1n) is 9.85. The highest BCUT2D eigenvalue weighted by Gasteiger charge is 2.23. The molecule has 6 nitrogen and oxygen atoms in total. The van der Waals surface area contributed by atoms with Gasteiger partial charge in [-0.2, -0.15) is 0 Å². The summed E-state index contributed by atoms with van der Waals surface area (Å²) in [6.07, 6.45) is 2.54. The van der Waals surface area contributed by atoms with Crippen molar-refractivity contribution < 1.29 is 9.94 Å². The molecule has 0 amide bonds. The number of pyridine rings is 1. The highest BCUT2D eigenvalue weighted by Crippen LogP contribution is 2.29. The Morgan fingerprint density at radius 2 is 1.93 bits per heavy atom. The smallest absolute Gasteiger partial charge is 0.230 e. The first-order chi connectivity index (χ1) is 14.7. The van der Waals surface area contributed by atoms with Crippen molar-refractivity contribution in [2.24, 2.45) is 4.99 Å². The topological polar surface area (TPSA) is 70.0 Å². The highest BCUT2D eigenvalue weighted by molar-refractivity contribution is 6.32. The monoisotopic (exact) mass is 422 g/mol. The molecule has 0 radical (unpaired) electrons. The zero-order chi connectivity index (χ0) is 20.8. The maximum Gasteiger partial charge on any atom is 0.230 e. The summed E-state index contributed by atoms with van der Waals surface area (Å²) < 4.78 is 5.90. The Hall–Kier alpha value is -2.93. The number of hydrogen-bond acceptors (Lipinski definition) is 5. The molecule has 1 fully saturated rings. The van der Waals surface area contributed by atoms with Crippen LogP contribution in [0.15, 0.2) is 77.9 Å². The van der Waals surface area contributed by atoms with Gasteiger partial charge >= 0.3 is 0 Å². The number of rotatable bonds is 6. The fourth-order valence-corrected chi connectivity index (χ4v) is 3.70. The average Bonchev–Trinajstić information content (AvgIpc) is 3.22. The molecule has 0 bridgehead atoms. The predicted molar refractivity (Wildman–Crippen MR) is 117 cm³/mol. The molecule has 1 aliphatic rings. The van der Waals surface area contributed by atoms with Crippen LogP contribution < -0.4 is 10.2 Å². The van der Waals surface area contributed by atoms with Crippen molar-refractivity contribution >= 4 is 17.4 Å². The second-order valence-electron chi connectivity index (χ2n) is 7.14. The van der Waals surface area contributed by atoms with Crippen molar-refractivity contribution in [2.45, 2.75) is 19.0 Å². The molecule has 1 saturated heterocycles. The zero-order valence-corrected chi connectivity index (χ0v) is 17.2. The largest absolute Gasteiger partial charge is 0.437 e. The van der Waals surface area contributed by atoms with Crippen molar-refractivity contribution in [1.82, 2.24) is 15.4 Å². The SMILES string of the molecule is ONC(=NC1CCN(Cc2ccccc2)C1)c1cccnc1Oc1ccccc1Cl. The number of hydrogen-bond donors (Lipinski definition) is 2. The lowest BCUT2D eigenvalue weighted by Gasteiger charge is -2.16. The van der Waals surface area contributed by atoms with Crippen LogP contribution in [0.4, 0.5) is 0 Å². The maximum absolute atomic E-state index is 9.78. The Labute approximate surface area is 180 Å². The number of aromatic nitrogens is 1. The predicted octanol–water partition coefficient (Wildman–Crippen LogP) is 4.53. The summed E-state index contributed by atoms with van der Waals surface area (Å²) >= 11 is 6.21. The first kappa shape index (κ1) is 20.3. The summed E-state index contributed by atoms with van der Waals surface area (Å²) in [5, 5.41) is 10.3. The molecular weight excluding hydrogens is 400 g/mol. The van der Waals surface area contributed by atoms with Crippen molar-refractivity contribution in [3.63, 3.8) is 0 Å². The van der Waals surface area contributed by atoms with Crippen LogP contribution in [0.5, 0.6) is 11.6 Å². The quantitative estimate of drug-likeness (QED) is 0.347. The minimum atomic E-state index is 0.0664. The summed E-state index contributed by atoms with van der Waals surface area (Å²) in [6, 6.07) is 21.2. The van der Waals surface area contributed by atoms with E-state index in [2.05, 4.69) is 39.6 Å². The second kappa shape index (κ2) is 9.71. The van der Waals surface area contributed by atoms with Crippen LogP contribution in [-0.2, 0) is 6.54 Å². The van der Waals surface area contributed by atoms with Crippen molar-refractivity contribution in [1.29, 1.82) is 0 Å². The molecule has 2 aromatic carbocycles. The van der Waals surface area contributed by atoms with Crippen LogP contribution in [-0.4, -0.2) is 40.1 Å². The maximum atomic E-state index is 9.78. The van der Waals surface area contributed by atoms with E-state index in [0.29, 0.717) is 28.1 Å². The van der Waals surface area contributed by atoms with E-state index in [4.69, 9.17) is 21.3 Å². The number of nitrogens with zero attached hydrogens (tertiary/aromatic N) is 3. The minimum absolute atomic E-state index is 0.0664. The standard InChI is InChI=1S/C23H23ClN4O2/c24-20-10-4-5-11-21(20)30-23-19(9-6-13-25-23)22(27-29)26-18-12-14-28(16-18)15-17-7-2-1-3-8-17/h1-11,13,18,29H,12,14-16H2,(H,26,27). The van der Waals surface area contributed by atoms with Gasteiger partial charge in [0, 0.05) is 25.8 Å². The van der Waals surface area contributed by atoms with Gasteiger partial charge in [0.25, 0.3) is 0 Å². The molecular formula is C23H23ClN4O2. The molecule has 1 unspecified atom stereocenters. The van der Waals surface area contributed by atoms with Crippen LogP contribution in [0.3, 0.4) is 0 Å². The lowest BCUT2D eigenvalue weighted by Crippen LogP contribution is -2.26. The third-order valence-corrected chi connectivity index (χ3v) is 5.30.